The van der Waals surface area contributed by atoms with Gasteiger partial charge in [0, 0.05) is 0 Å². The number of hydrogen-bond donors (Lipinski definition) is 3. The van der Waals surface area contributed by atoms with Crippen molar-refractivity contribution in [1.82, 2.24) is 5.43 Å². The lowest BCUT2D eigenvalue weighted by atomic mass is 10.2. The summed E-state index contributed by atoms with van der Waals surface area (Å²) < 4.78 is 0. The van der Waals surface area contributed by atoms with Crippen molar-refractivity contribution in [2.45, 2.75) is 0 Å². The number of carbonyl (C=O) groups excluding carboxylic acids is 1. The molecule has 0 aliphatic rings. The van der Waals surface area contributed by atoms with Crippen molar-refractivity contribution in [2.75, 3.05) is 5.32 Å². The van der Waals surface area contributed by atoms with E-state index in [2.05, 4.69) is 0 Å². The van der Waals surface area contributed by atoms with Crippen LogP contribution in [0.5, 0.6) is 0 Å². The van der Waals surface area contributed by atoms with Gasteiger partial charge in [0.1, 0.15) is 0 Å². The van der Waals surface area contributed by atoms with Gasteiger partial charge in [-0.05, 0) is 0 Å². The topological polar surface area (TPSA) is 197 Å². The number of hydrogen-bond acceptors (Lipinski definition) is 8. The van der Waals surface area contributed by atoms with Gasteiger partial charge in [0.15, 0.2) is 5.02 Å². The molecule has 0 heterocycles. The summed E-state index contributed by atoms with van der Waals surface area (Å²) in [6, 6.07) is -0.826. The minimum Gasteiger partial charge on any atom is -0.295 e. The molecule has 14 heteroatoms. The quantitative estimate of drug-likeness (QED) is 0.316. The Morgan fingerprint density at radius 1 is 1.10 bits per heavy atom. The Hall–Kier alpha value is -3.06. The van der Waals surface area contributed by atoms with E-state index >= 15 is 0 Å². The van der Waals surface area contributed by atoms with Crippen LogP contribution in [-0.2, 0) is 0 Å². The van der Waals surface area contributed by atoms with E-state index in [1.165, 1.54) is 5.43 Å². The SMILES string of the molecule is NNC(=O)Nc1c([N+](=O)[O-])cc([N+](=O)[O-])c(Cl)c1[N+](=O)[O-]. The van der Waals surface area contributed by atoms with Crippen molar-refractivity contribution in [3.8, 4) is 0 Å². The van der Waals surface area contributed by atoms with Crippen LogP contribution in [0.25, 0.3) is 0 Å². The van der Waals surface area contributed by atoms with Gasteiger partial charge in [-0.3, -0.25) is 41.1 Å². The van der Waals surface area contributed by atoms with Crippen LogP contribution in [-0.4, -0.2) is 20.8 Å². The lowest BCUT2D eigenvalue weighted by molar-refractivity contribution is -0.401. The highest BCUT2D eigenvalue weighted by Crippen LogP contribution is 2.45. The molecule has 1 aromatic carbocycles. The highest BCUT2D eigenvalue weighted by molar-refractivity contribution is 6.35. The standard InChI is InChI=1S/C7H5ClN6O7/c8-4-2(12(16)17)1-3(13(18)19)5(6(4)14(20)21)10-7(15)11-9/h1H,9H2,(H2,10,11,15). The van der Waals surface area contributed by atoms with Crippen molar-refractivity contribution in [3.63, 3.8) is 0 Å². The average molecular weight is 321 g/mol. The number of nitrogens with one attached hydrogen (secondary N) is 2. The van der Waals surface area contributed by atoms with Crippen LogP contribution in [0.2, 0.25) is 5.02 Å². The van der Waals surface area contributed by atoms with Gasteiger partial charge in [-0.15, -0.1) is 0 Å². The van der Waals surface area contributed by atoms with Gasteiger partial charge >= 0.3 is 23.1 Å². The normalized spacial score (nSPS) is 9.81. The third-order valence-electron chi connectivity index (χ3n) is 2.14. The number of anilines is 1. The number of halogens is 1. The first-order chi connectivity index (χ1) is 9.70. The fourth-order valence-corrected chi connectivity index (χ4v) is 1.63. The highest BCUT2D eigenvalue weighted by atomic mass is 35.5. The lowest BCUT2D eigenvalue weighted by Gasteiger charge is -2.07. The summed E-state index contributed by atoms with van der Waals surface area (Å²) in [6.45, 7) is 0. The van der Waals surface area contributed by atoms with Crippen molar-refractivity contribution in [3.05, 3.63) is 41.4 Å². The monoisotopic (exact) mass is 320 g/mol. The first-order valence-electron chi connectivity index (χ1n) is 4.78. The predicted octanol–water partition coefficient (Wildman–Crippen LogP) is 1.06. The largest absolute Gasteiger partial charge is 0.333 e. The number of benzene rings is 1. The molecule has 13 nitrogen and oxygen atoms in total. The van der Waals surface area contributed by atoms with Crippen molar-refractivity contribution in [2.24, 2.45) is 5.84 Å². The van der Waals surface area contributed by atoms with E-state index in [1.54, 1.807) is 5.32 Å². The van der Waals surface area contributed by atoms with Crippen LogP contribution < -0.4 is 16.6 Å². The minimum absolute atomic E-state index is 0.390. The molecule has 0 saturated heterocycles. The zero-order chi connectivity index (χ0) is 16.3. The van der Waals surface area contributed by atoms with E-state index in [-0.39, 0.29) is 0 Å². The van der Waals surface area contributed by atoms with Gasteiger partial charge < -0.3 is 0 Å². The second-order valence-electron chi connectivity index (χ2n) is 3.32. The molecule has 2 amide bonds. The molecule has 0 saturated carbocycles. The summed E-state index contributed by atoms with van der Waals surface area (Å²) in [7, 11) is 0. The molecule has 0 fully saturated rings. The molecule has 0 aliphatic carbocycles. The summed E-state index contributed by atoms with van der Waals surface area (Å²) in [5.41, 5.74) is -2.72. The first-order valence-corrected chi connectivity index (χ1v) is 5.15. The summed E-state index contributed by atoms with van der Waals surface area (Å²) in [4.78, 5) is 40.1. The van der Waals surface area contributed by atoms with E-state index in [4.69, 9.17) is 17.4 Å². The zero-order valence-electron chi connectivity index (χ0n) is 9.73. The number of carbonyl (C=O) groups is 1. The molecule has 0 atom stereocenters. The number of nitro groups is 3. The van der Waals surface area contributed by atoms with Gasteiger partial charge in [0.05, 0.1) is 20.8 Å². The third kappa shape index (κ3) is 3.10. The average Bonchev–Trinajstić information content (AvgIpc) is 2.37. The van der Waals surface area contributed by atoms with Gasteiger partial charge in [0.25, 0.3) is 0 Å². The molecule has 4 N–H and O–H groups in total. The second-order valence-corrected chi connectivity index (χ2v) is 3.70. The maximum atomic E-state index is 11.1. The van der Waals surface area contributed by atoms with E-state index < -0.39 is 48.6 Å². The van der Waals surface area contributed by atoms with Crippen LogP contribution in [0, 0.1) is 30.3 Å². The molecule has 1 aromatic rings. The lowest BCUT2D eigenvalue weighted by Crippen LogP contribution is -2.34. The smallest absolute Gasteiger partial charge is 0.295 e. The summed E-state index contributed by atoms with van der Waals surface area (Å²) >= 11 is 5.50. The van der Waals surface area contributed by atoms with Crippen molar-refractivity contribution in [1.29, 1.82) is 0 Å². The van der Waals surface area contributed by atoms with E-state index in [9.17, 15) is 35.1 Å². The third-order valence-corrected chi connectivity index (χ3v) is 2.52. The molecule has 0 radical (unpaired) electrons. The molecule has 112 valence electrons. The summed E-state index contributed by atoms with van der Waals surface area (Å²) in [6.07, 6.45) is 0. The molecule has 0 unspecified atom stereocenters. The zero-order valence-corrected chi connectivity index (χ0v) is 10.5. The summed E-state index contributed by atoms with van der Waals surface area (Å²) in [5.74, 6) is 4.75. The number of nitrogens with two attached hydrogens (primary N) is 1. The minimum atomic E-state index is -1.22. The van der Waals surface area contributed by atoms with Crippen LogP contribution in [0.3, 0.4) is 0 Å². The molecule has 1 rings (SSSR count). The maximum absolute atomic E-state index is 11.1. The molecular formula is C7H5ClN6O7. The van der Waals surface area contributed by atoms with Crippen molar-refractivity contribution >= 4 is 40.4 Å². The Morgan fingerprint density at radius 2 is 1.62 bits per heavy atom. The molecule has 0 aromatic heterocycles. The van der Waals surface area contributed by atoms with Crippen LogP contribution in [0.15, 0.2) is 6.07 Å². The molecule has 0 spiro atoms. The molecule has 0 bridgehead atoms. The predicted molar refractivity (Wildman–Crippen MR) is 67.8 cm³/mol. The molecular weight excluding hydrogens is 316 g/mol. The molecule has 21 heavy (non-hydrogen) atoms. The van der Waals surface area contributed by atoms with Gasteiger partial charge in [-0.2, -0.15) is 0 Å². The van der Waals surface area contributed by atoms with Gasteiger partial charge in [-0.25, -0.2) is 10.6 Å². The van der Waals surface area contributed by atoms with Crippen LogP contribution in [0.1, 0.15) is 0 Å². The number of nitrogens with zero attached hydrogens (tertiary/aromatic N) is 3. The highest BCUT2D eigenvalue weighted by Gasteiger charge is 2.36. The van der Waals surface area contributed by atoms with E-state index in [1.807, 2.05) is 0 Å². The fraction of sp³-hybridized carbons (Fsp3) is 0. The van der Waals surface area contributed by atoms with Crippen LogP contribution >= 0.6 is 11.6 Å². The fourth-order valence-electron chi connectivity index (χ4n) is 1.34. The second kappa shape index (κ2) is 5.93. The van der Waals surface area contributed by atoms with Crippen LogP contribution in [0.4, 0.5) is 27.5 Å². The first kappa shape index (κ1) is 16.0. The number of amides is 2. The van der Waals surface area contributed by atoms with Crippen molar-refractivity contribution < 1.29 is 19.6 Å². The van der Waals surface area contributed by atoms with E-state index in [0.717, 1.165) is 0 Å². The van der Waals surface area contributed by atoms with E-state index in [0.29, 0.717) is 6.07 Å². The Labute approximate surface area is 119 Å². The Balaban J connectivity index is 3.76. The Kier molecular flexibility index (Phi) is 4.52. The Morgan fingerprint density at radius 3 is 2.00 bits per heavy atom. The Bertz CT molecular complexity index is 661. The number of nitro benzene ring substituents is 3. The van der Waals surface area contributed by atoms with Gasteiger partial charge in [-0.1, -0.05) is 11.6 Å². The molecule has 0 aliphatic heterocycles. The maximum Gasteiger partial charge on any atom is 0.333 e. The van der Waals surface area contributed by atoms with Gasteiger partial charge in [0.2, 0.25) is 5.69 Å². The number of urea groups is 1. The summed E-state index contributed by atoms with van der Waals surface area (Å²) in [5, 5.41) is 33.3. The number of rotatable bonds is 4. The number of hydrazine groups is 1.